The molecule has 21 heavy (non-hydrogen) atoms. The number of thiazole rings is 1. The summed E-state index contributed by atoms with van der Waals surface area (Å²) in [5, 5.41) is 6.63. The molecule has 0 saturated carbocycles. The van der Waals surface area contributed by atoms with Crippen molar-refractivity contribution in [3.63, 3.8) is 0 Å². The summed E-state index contributed by atoms with van der Waals surface area (Å²) in [6.07, 6.45) is 1.19. The highest BCUT2D eigenvalue weighted by molar-refractivity contribution is 7.10. The summed E-state index contributed by atoms with van der Waals surface area (Å²) in [5.74, 6) is 0.434. The van der Waals surface area contributed by atoms with E-state index in [-0.39, 0.29) is 6.10 Å². The van der Waals surface area contributed by atoms with Gasteiger partial charge in [-0.25, -0.2) is 4.98 Å². The molecule has 1 N–H and O–H groups in total. The molecule has 0 amide bonds. The van der Waals surface area contributed by atoms with Crippen molar-refractivity contribution in [2.75, 3.05) is 13.7 Å². The number of fused-ring (bicyclic) bond motifs is 1. The number of ether oxygens (including phenoxy) is 1. The van der Waals surface area contributed by atoms with Crippen LogP contribution in [0.25, 0.3) is 11.3 Å². The predicted molar refractivity (Wildman–Crippen MR) is 87.5 cm³/mol. The zero-order valence-electron chi connectivity index (χ0n) is 12.8. The fourth-order valence-corrected chi connectivity index (χ4v) is 3.92. The largest absolute Gasteiger partial charge is 0.374 e. The minimum absolute atomic E-state index is 0.0885. The number of aromatic nitrogens is 1. The number of benzene rings is 1. The van der Waals surface area contributed by atoms with Gasteiger partial charge in [-0.2, -0.15) is 0 Å². The van der Waals surface area contributed by atoms with Crippen molar-refractivity contribution >= 4 is 11.3 Å². The first-order valence-corrected chi connectivity index (χ1v) is 8.38. The van der Waals surface area contributed by atoms with Crippen LogP contribution in [0.2, 0.25) is 0 Å². The molecule has 3 rings (SSSR count). The molecule has 0 saturated heterocycles. The van der Waals surface area contributed by atoms with E-state index in [2.05, 4.69) is 42.7 Å². The number of methoxy groups -OCH3 is 1. The number of nitrogens with zero attached hydrogens (tertiary/aromatic N) is 1. The summed E-state index contributed by atoms with van der Waals surface area (Å²) in [5.41, 5.74) is 5.15. The molecule has 1 aromatic heterocycles. The van der Waals surface area contributed by atoms with Crippen molar-refractivity contribution in [1.82, 2.24) is 10.3 Å². The van der Waals surface area contributed by atoms with E-state index in [1.807, 2.05) is 0 Å². The van der Waals surface area contributed by atoms with Crippen LogP contribution < -0.4 is 5.32 Å². The Hall–Kier alpha value is -1.23. The van der Waals surface area contributed by atoms with Crippen LogP contribution in [0, 0.1) is 5.92 Å². The van der Waals surface area contributed by atoms with E-state index < -0.39 is 0 Å². The molecule has 0 radical (unpaired) electrons. The number of hydrogen-bond donors (Lipinski definition) is 1. The smallest absolute Gasteiger partial charge is 0.122 e. The zero-order chi connectivity index (χ0) is 14.8. The van der Waals surface area contributed by atoms with E-state index in [9.17, 15) is 0 Å². The molecule has 1 aliphatic heterocycles. The molecular weight excluding hydrogens is 280 g/mol. The van der Waals surface area contributed by atoms with Crippen molar-refractivity contribution in [3.8, 4) is 11.3 Å². The molecule has 1 atom stereocenters. The van der Waals surface area contributed by atoms with Gasteiger partial charge in [0.15, 0.2) is 0 Å². The van der Waals surface area contributed by atoms with Crippen LogP contribution in [-0.2, 0) is 17.7 Å². The van der Waals surface area contributed by atoms with Crippen molar-refractivity contribution < 1.29 is 4.74 Å². The van der Waals surface area contributed by atoms with Crippen LogP contribution in [-0.4, -0.2) is 18.6 Å². The predicted octanol–water partition coefficient (Wildman–Crippen LogP) is 3.80. The van der Waals surface area contributed by atoms with Gasteiger partial charge >= 0.3 is 0 Å². The lowest BCUT2D eigenvalue weighted by Gasteiger charge is -2.17. The van der Waals surface area contributed by atoms with Gasteiger partial charge in [0, 0.05) is 24.6 Å². The second-order valence-corrected chi connectivity index (χ2v) is 6.77. The number of rotatable bonds is 4. The highest BCUT2D eigenvalue weighted by atomic mass is 32.1. The van der Waals surface area contributed by atoms with Crippen LogP contribution in [0.1, 0.15) is 36.1 Å². The Labute approximate surface area is 130 Å². The van der Waals surface area contributed by atoms with Gasteiger partial charge < -0.3 is 10.1 Å². The SMILES string of the molecule is COC(c1nc(-c2ccc3c(c2)CCNC3)cs1)C(C)C. The second kappa shape index (κ2) is 6.26. The summed E-state index contributed by atoms with van der Waals surface area (Å²) in [7, 11) is 1.76. The summed E-state index contributed by atoms with van der Waals surface area (Å²) in [4.78, 5) is 4.80. The van der Waals surface area contributed by atoms with Gasteiger partial charge in [0.05, 0.1) is 5.69 Å². The third kappa shape index (κ3) is 3.03. The van der Waals surface area contributed by atoms with E-state index in [0.717, 1.165) is 30.2 Å². The Morgan fingerprint density at radius 2 is 2.14 bits per heavy atom. The van der Waals surface area contributed by atoms with Crippen LogP contribution in [0.5, 0.6) is 0 Å². The van der Waals surface area contributed by atoms with Crippen LogP contribution in [0.3, 0.4) is 0 Å². The quantitative estimate of drug-likeness (QED) is 0.933. The molecule has 1 aromatic carbocycles. The molecule has 0 bridgehead atoms. The topological polar surface area (TPSA) is 34.1 Å². The molecule has 0 spiro atoms. The van der Waals surface area contributed by atoms with Crippen molar-refractivity contribution in [2.45, 2.75) is 32.9 Å². The van der Waals surface area contributed by atoms with E-state index in [0.29, 0.717) is 5.92 Å². The lowest BCUT2D eigenvalue weighted by molar-refractivity contribution is 0.0645. The minimum atomic E-state index is 0.0885. The van der Waals surface area contributed by atoms with Gasteiger partial charge in [0.2, 0.25) is 0 Å². The second-order valence-electron chi connectivity index (χ2n) is 5.88. The van der Waals surface area contributed by atoms with Gasteiger partial charge in [-0.15, -0.1) is 11.3 Å². The lowest BCUT2D eigenvalue weighted by Crippen LogP contribution is -2.23. The van der Waals surface area contributed by atoms with Gasteiger partial charge in [-0.1, -0.05) is 26.0 Å². The average Bonchev–Trinajstić information content (AvgIpc) is 2.96. The minimum Gasteiger partial charge on any atom is -0.374 e. The summed E-state index contributed by atoms with van der Waals surface area (Å²) >= 11 is 1.69. The van der Waals surface area contributed by atoms with Gasteiger partial charge in [-0.05, 0) is 36.1 Å². The Bertz CT molecular complexity index is 621. The average molecular weight is 302 g/mol. The van der Waals surface area contributed by atoms with E-state index >= 15 is 0 Å². The molecule has 2 heterocycles. The van der Waals surface area contributed by atoms with Crippen molar-refractivity contribution in [2.24, 2.45) is 5.92 Å². The highest BCUT2D eigenvalue weighted by Crippen LogP contribution is 2.32. The van der Waals surface area contributed by atoms with Crippen molar-refractivity contribution in [3.05, 3.63) is 39.7 Å². The van der Waals surface area contributed by atoms with E-state index in [4.69, 9.17) is 9.72 Å². The fraction of sp³-hybridized carbons (Fsp3) is 0.471. The first-order chi connectivity index (χ1) is 10.2. The number of hydrogen-bond acceptors (Lipinski definition) is 4. The zero-order valence-corrected chi connectivity index (χ0v) is 13.7. The van der Waals surface area contributed by atoms with Crippen LogP contribution in [0.4, 0.5) is 0 Å². The molecule has 2 aromatic rings. The lowest BCUT2D eigenvalue weighted by atomic mass is 9.97. The molecule has 0 aliphatic carbocycles. The molecular formula is C17H22N2OS. The standard InChI is InChI=1S/C17H22N2OS/c1-11(2)16(20-3)17-19-15(10-21-17)13-4-5-14-9-18-7-6-12(14)8-13/h4-5,8,10-11,16,18H,6-7,9H2,1-3H3. The Kier molecular flexibility index (Phi) is 4.38. The maximum atomic E-state index is 5.58. The van der Waals surface area contributed by atoms with Crippen molar-refractivity contribution in [1.29, 1.82) is 0 Å². The maximum Gasteiger partial charge on any atom is 0.122 e. The third-order valence-corrected chi connectivity index (χ3v) is 4.92. The first-order valence-electron chi connectivity index (χ1n) is 7.50. The molecule has 3 nitrogen and oxygen atoms in total. The molecule has 4 heteroatoms. The Morgan fingerprint density at radius 1 is 1.29 bits per heavy atom. The normalized spacial score (nSPS) is 16.0. The van der Waals surface area contributed by atoms with Gasteiger partial charge in [0.1, 0.15) is 11.1 Å². The monoisotopic (exact) mass is 302 g/mol. The van der Waals surface area contributed by atoms with E-state index in [1.165, 1.54) is 16.7 Å². The molecule has 1 aliphatic rings. The third-order valence-electron chi connectivity index (χ3n) is 4.01. The molecule has 1 unspecified atom stereocenters. The molecule has 112 valence electrons. The highest BCUT2D eigenvalue weighted by Gasteiger charge is 2.19. The van der Waals surface area contributed by atoms with Gasteiger partial charge in [-0.3, -0.25) is 0 Å². The van der Waals surface area contributed by atoms with Gasteiger partial charge in [0.25, 0.3) is 0 Å². The Morgan fingerprint density at radius 3 is 2.90 bits per heavy atom. The van der Waals surface area contributed by atoms with E-state index in [1.54, 1.807) is 18.4 Å². The Balaban J connectivity index is 1.89. The summed E-state index contributed by atoms with van der Waals surface area (Å²) in [6, 6.07) is 6.71. The summed E-state index contributed by atoms with van der Waals surface area (Å²) < 4.78 is 5.58. The fourth-order valence-electron chi connectivity index (χ4n) is 2.85. The first kappa shape index (κ1) is 14.7. The number of nitrogens with one attached hydrogen (secondary N) is 1. The van der Waals surface area contributed by atoms with Crippen LogP contribution >= 0.6 is 11.3 Å². The van der Waals surface area contributed by atoms with Crippen LogP contribution in [0.15, 0.2) is 23.6 Å². The summed E-state index contributed by atoms with van der Waals surface area (Å²) in [6.45, 7) is 6.39. The maximum absolute atomic E-state index is 5.58. The molecule has 0 fully saturated rings.